The van der Waals surface area contributed by atoms with E-state index in [1.54, 1.807) is 10.6 Å². The van der Waals surface area contributed by atoms with Gasteiger partial charge < -0.3 is 15.6 Å². The second-order valence-corrected chi connectivity index (χ2v) is 5.61. The normalized spacial score (nSPS) is 12.1. The number of hydrogen-bond acceptors (Lipinski definition) is 2. The lowest BCUT2D eigenvalue weighted by atomic mass is 10.0. The number of nitrogens with one attached hydrogen (secondary N) is 1. The lowest BCUT2D eigenvalue weighted by molar-refractivity contribution is 0.0925. The summed E-state index contributed by atoms with van der Waals surface area (Å²) in [5.41, 5.74) is 6.30. The average Bonchev–Trinajstić information content (AvgIpc) is 2.56. The number of nitrogens with zero attached hydrogens (tertiary/aromatic N) is 1. The van der Waals surface area contributed by atoms with Gasteiger partial charge in [-0.3, -0.25) is 4.79 Å². The van der Waals surface area contributed by atoms with E-state index in [4.69, 9.17) is 5.73 Å². The minimum atomic E-state index is -0.0747. The molecule has 0 spiro atoms. The van der Waals surface area contributed by atoms with E-state index in [9.17, 15) is 4.79 Å². The first-order valence-electron chi connectivity index (χ1n) is 5.76. The highest BCUT2D eigenvalue weighted by Gasteiger charge is 2.16. The maximum atomic E-state index is 12.0. The summed E-state index contributed by atoms with van der Waals surface area (Å²) in [5, 5.41) is 2.96. The molecule has 6 heteroatoms. The molecule has 1 aromatic rings. The van der Waals surface area contributed by atoms with Gasteiger partial charge in [-0.15, -0.1) is 12.4 Å². The number of nitrogens with two attached hydrogens (primary N) is 1. The van der Waals surface area contributed by atoms with Gasteiger partial charge in [0.1, 0.15) is 5.69 Å². The summed E-state index contributed by atoms with van der Waals surface area (Å²) >= 11 is 3.35. The van der Waals surface area contributed by atoms with Crippen LogP contribution in [0.25, 0.3) is 0 Å². The molecule has 0 saturated heterocycles. The molecule has 3 N–H and O–H groups in total. The lowest BCUT2D eigenvalue weighted by Gasteiger charge is -2.18. The van der Waals surface area contributed by atoms with Gasteiger partial charge >= 0.3 is 0 Å². The zero-order valence-electron chi connectivity index (χ0n) is 10.9. The van der Waals surface area contributed by atoms with Gasteiger partial charge in [0.2, 0.25) is 0 Å². The molecule has 0 aliphatic rings. The second kappa shape index (κ2) is 7.81. The monoisotopic (exact) mass is 337 g/mol. The largest absolute Gasteiger partial charge is 0.347 e. The van der Waals surface area contributed by atoms with Crippen LogP contribution in [0.2, 0.25) is 0 Å². The molecule has 1 aromatic heterocycles. The predicted octanol–water partition coefficient (Wildman–Crippen LogP) is 2.31. The Morgan fingerprint density at radius 3 is 2.56 bits per heavy atom. The smallest absolute Gasteiger partial charge is 0.268 e. The van der Waals surface area contributed by atoms with Gasteiger partial charge in [0.25, 0.3) is 5.91 Å². The van der Waals surface area contributed by atoms with Crippen LogP contribution in [0.3, 0.4) is 0 Å². The van der Waals surface area contributed by atoms with Gasteiger partial charge in [0.15, 0.2) is 0 Å². The van der Waals surface area contributed by atoms with Crippen molar-refractivity contribution >= 4 is 34.2 Å². The molecular formula is C12H21BrClN3O. The highest BCUT2D eigenvalue weighted by molar-refractivity contribution is 9.10. The molecule has 18 heavy (non-hydrogen) atoms. The third-order valence-corrected chi connectivity index (χ3v) is 3.01. The minimum Gasteiger partial charge on any atom is -0.347 e. The summed E-state index contributed by atoms with van der Waals surface area (Å²) in [6.45, 7) is 4.71. The van der Waals surface area contributed by atoms with Crippen molar-refractivity contribution in [2.75, 3.05) is 6.54 Å². The fourth-order valence-corrected chi connectivity index (χ4v) is 2.32. The average molecular weight is 339 g/mol. The van der Waals surface area contributed by atoms with Crippen molar-refractivity contribution in [3.05, 3.63) is 22.4 Å². The van der Waals surface area contributed by atoms with Crippen molar-refractivity contribution in [2.24, 2.45) is 18.7 Å². The minimum absolute atomic E-state index is 0. The van der Waals surface area contributed by atoms with Gasteiger partial charge in [-0.25, -0.2) is 0 Å². The van der Waals surface area contributed by atoms with E-state index in [0.717, 1.165) is 10.9 Å². The standard InChI is InChI=1S/C12H20BrN3O.ClH/c1-8(2)4-10(6-14)15-12(17)11-5-9(13)7-16(11)3;/h5,7-8,10H,4,6,14H2,1-3H3,(H,15,17);1H. The zero-order valence-corrected chi connectivity index (χ0v) is 13.3. The van der Waals surface area contributed by atoms with E-state index >= 15 is 0 Å². The van der Waals surface area contributed by atoms with E-state index in [2.05, 4.69) is 35.1 Å². The fraction of sp³-hybridized carbons (Fsp3) is 0.583. The molecule has 0 saturated carbocycles. The summed E-state index contributed by atoms with van der Waals surface area (Å²) in [5.74, 6) is 0.443. The first-order chi connectivity index (χ1) is 7.93. The first kappa shape index (κ1) is 17.5. The van der Waals surface area contributed by atoms with E-state index in [1.807, 2.05) is 13.2 Å². The van der Waals surface area contributed by atoms with Crippen LogP contribution in [0.15, 0.2) is 16.7 Å². The van der Waals surface area contributed by atoms with E-state index < -0.39 is 0 Å². The molecule has 4 nitrogen and oxygen atoms in total. The SMILES string of the molecule is CC(C)CC(CN)NC(=O)c1cc(Br)cn1C.Cl. The van der Waals surface area contributed by atoms with Gasteiger partial charge in [0, 0.05) is 30.3 Å². The predicted molar refractivity (Wildman–Crippen MR) is 80.1 cm³/mol. The molecule has 0 aromatic carbocycles. The quantitative estimate of drug-likeness (QED) is 0.865. The first-order valence-corrected chi connectivity index (χ1v) is 6.56. The number of halogens is 2. The van der Waals surface area contributed by atoms with Crippen molar-refractivity contribution in [1.29, 1.82) is 0 Å². The fourth-order valence-electron chi connectivity index (χ4n) is 1.79. The van der Waals surface area contributed by atoms with Crippen LogP contribution in [0.1, 0.15) is 30.8 Å². The Labute approximate surface area is 123 Å². The Morgan fingerprint density at radius 2 is 2.17 bits per heavy atom. The van der Waals surface area contributed by atoms with E-state index in [1.165, 1.54) is 0 Å². The van der Waals surface area contributed by atoms with E-state index in [-0.39, 0.29) is 24.4 Å². The Hall–Kier alpha value is -0.520. The Bertz CT molecular complexity index is 393. The summed E-state index contributed by atoms with van der Waals surface area (Å²) < 4.78 is 2.70. The number of rotatable bonds is 5. The zero-order chi connectivity index (χ0) is 13.0. The van der Waals surface area contributed by atoms with Crippen molar-refractivity contribution in [3.8, 4) is 0 Å². The van der Waals surface area contributed by atoms with Gasteiger partial charge in [-0.05, 0) is 34.3 Å². The Morgan fingerprint density at radius 1 is 1.56 bits per heavy atom. The molecule has 1 rings (SSSR count). The number of aromatic nitrogens is 1. The Balaban J connectivity index is 0.00000289. The van der Waals surface area contributed by atoms with Crippen LogP contribution in [-0.2, 0) is 7.05 Å². The summed E-state index contributed by atoms with van der Waals surface area (Å²) in [7, 11) is 1.85. The molecule has 1 heterocycles. The van der Waals surface area contributed by atoms with E-state index in [0.29, 0.717) is 18.2 Å². The van der Waals surface area contributed by atoms with Crippen LogP contribution in [0.5, 0.6) is 0 Å². The maximum absolute atomic E-state index is 12.0. The molecular weight excluding hydrogens is 318 g/mol. The summed E-state index contributed by atoms with van der Waals surface area (Å²) in [6, 6.07) is 1.84. The van der Waals surface area contributed by atoms with Crippen LogP contribution in [-0.4, -0.2) is 23.1 Å². The van der Waals surface area contributed by atoms with Gasteiger partial charge in [0.05, 0.1) is 0 Å². The molecule has 1 unspecified atom stereocenters. The molecule has 0 aliphatic carbocycles. The molecule has 0 aliphatic heterocycles. The van der Waals surface area contributed by atoms with Crippen molar-refractivity contribution in [3.63, 3.8) is 0 Å². The summed E-state index contributed by atoms with van der Waals surface area (Å²) in [4.78, 5) is 12.0. The van der Waals surface area contributed by atoms with Crippen molar-refractivity contribution in [1.82, 2.24) is 9.88 Å². The topological polar surface area (TPSA) is 60.0 Å². The highest BCUT2D eigenvalue weighted by atomic mass is 79.9. The van der Waals surface area contributed by atoms with Crippen LogP contribution in [0.4, 0.5) is 0 Å². The molecule has 0 bridgehead atoms. The number of amides is 1. The number of aryl methyl sites for hydroxylation is 1. The third kappa shape index (κ3) is 5.00. The number of carbonyl (C=O) groups excluding carboxylic acids is 1. The second-order valence-electron chi connectivity index (χ2n) is 4.69. The van der Waals surface area contributed by atoms with Gasteiger partial charge in [-0.1, -0.05) is 13.8 Å². The molecule has 0 fully saturated rings. The lowest BCUT2D eigenvalue weighted by Crippen LogP contribution is -2.41. The molecule has 0 radical (unpaired) electrons. The Kier molecular flexibility index (Phi) is 7.59. The third-order valence-electron chi connectivity index (χ3n) is 2.58. The molecule has 1 atom stereocenters. The number of carbonyl (C=O) groups is 1. The highest BCUT2D eigenvalue weighted by Crippen LogP contribution is 2.14. The van der Waals surface area contributed by atoms with Crippen LogP contribution < -0.4 is 11.1 Å². The van der Waals surface area contributed by atoms with Crippen LogP contribution >= 0.6 is 28.3 Å². The van der Waals surface area contributed by atoms with Crippen molar-refractivity contribution in [2.45, 2.75) is 26.3 Å². The molecule has 104 valence electrons. The maximum Gasteiger partial charge on any atom is 0.268 e. The van der Waals surface area contributed by atoms with Crippen molar-refractivity contribution < 1.29 is 4.79 Å². The number of hydrogen-bond donors (Lipinski definition) is 2. The molecule has 1 amide bonds. The van der Waals surface area contributed by atoms with Gasteiger partial charge in [-0.2, -0.15) is 0 Å². The summed E-state index contributed by atoms with van der Waals surface area (Å²) in [6.07, 6.45) is 2.75. The van der Waals surface area contributed by atoms with Crippen LogP contribution in [0, 0.1) is 5.92 Å².